The van der Waals surface area contributed by atoms with Crippen LogP contribution in [0.2, 0.25) is 0 Å². The fourth-order valence-electron chi connectivity index (χ4n) is 3.42. The van der Waals surface area contributed by atoms with E-state index >= 15 is 0 Å². The molecule has 0 saturated carbocycles. The van der Waals surface area contributed by atoms with Crippen LogP contribution in [0.4, 0.5) is 5.82 Å². The zero-order valence-corrected chi connectivity index (χ0v) is 16.2. The van der Waals surface area contributed by atoms with Gasteiger partial charge in [0.2, 0.25) is 10.9 Å². The van der Waals surface area contributed by atoms with E-state index < -0.39 is 0 Å². The molecule has 1 amide bonds. The molecule has 0 aromatic carbocycles. The summed E-state index contributed by atoms with van der Waals surface area (Å²) in [7, 11) is 0. The third-order valence-corrected chi connectivity index (χ3v) is 5.89. The molecule has 1 aliphatic rings. The Kier molecular flexibility index (Phi) is 4.60. The SMILES string of the molecule is O=C(NCc1csc2ncnn12)C1CCN(c2ccc(-n3cncn3)nn2)CC1. The molecule has 29 heavy (non-hydrogen) atoms. The van der Waals surface area contributed by atoms with E-state index in [1.54, 1.807) is 15.5 Å². The largest absolute Gasteiger partial charge is 0.355 e. The molecule has 5 heterocycles. The monoisotopic (exact) mass is 410 g/mol. The Morgan fingerprint density at radius 2 is 1.97 bits per heavy atom. The maximum Gasteiger partial charge on any atom is 0.223 e. The topological polar surface area (TPSA) is 119 Å². The highest BCUT2D eigenvalue weighted by Crippen LogP contribution is 2.22. The van der Waals surface area contributed by atoms with Gasteiger partial charge in [-0.15, -0.1) is 21.5 Å². The third-order valence-electron chi connectivity index (χ3n) is 5.01. The van der Waals surface area contributed by atoms with Crippen LogP contribution in [0.5, 0.6) is 0 Å². The van der Waals surface area contributed by atoms with Crippen molar-refractivity contribution in [1.29, 1.82) is 0 Å². The number of hydrogen-bond acceptors (Lipinski definition) is 9. The zero-order valence-electron chi connectivity index (χ0n) is 15.4. The molecular weight excluding hydrogens is 392 g/mol. The molecule has 148 valence electrons. The van der Waals surface area contributed by atoms with E-state index in [0.29, 0.717) is 12.4 Å². The molecule has 4 aromatic rings. The number of aromatic nitrogens is 8. The number of carbonyl (C=O) groups excluding carboxylic acids is 1. The Bertz CT molecular complexity index is 1100. The number of amides is 1. The number of anilines is 1. The third kappa shape index (κ3) is 3.53. The first kappa shape index (κ1) is 17.7. The van der Waals surface area contributed by atoms with Gasteiger partial charge >= 0.3 is 0 Å². The molecule has 1 aliphatic heterocycles. The number of piperidine rings is 1. The highest BCUT2D eigenvalue weighted by atomic mass is 32.1. The van der Waals surface area contributed by atoms with Gasteiger partial charge in [0, 0.05) is 24.4 Å². The average Bonchev–Trinajstić information content (AvgIpc) is 3.51. The quantitative estimate of drug-likeness (QED) is 0.511. The first-order valence-corrected chi connectivity index (χ1v) is 10.1. The summed E-state index contributed by atoms with van der Waals surface area (Å²) in [5, 5.41) is 21.7. The van der Waals surface area contributed by atoms with Crippen molar-refractivity contribution in [3.05, 3.63) is 42.2 Å². The number of rotatable bonds is 5. The lowest BCUT2D eigenvalue weighted by molar-refractivity contribution is -0.125. The van der Waals surface area contributed by atoms with E-state index in [4.69, 9.17) is 0 Å². The Hall–Kier alpha value is -3.41. The standard InChI is InChI=1S/C17H18N10OS/c28-16(19-7-13-8-29-17-20-10-22-27(13)17)12-3-5-25(6-4-12)14-1-2-15(24-23-14)26-11-18-9-21-26/h1-2,8-12H,3-7H2,(H,19,28). The van der Waals surface area contributed by atoms with E-state index in [0.717, 1.165) is 42.4 Å². The van der Waals surface area contributed by atoms with Crippen molar-refractivity contribution in [2.24, 2.45) is 5.92 Å². The molecule has 0 radical (unpaired) electrons. The zero-order chi connectivity index (χ0) is 19.6. The Morgan fingerprint density at radius 3 is 2.72 bits per heavy atom. The first-order chi connectivity index (χ1) is 14.3. The van der Waals surface area contributed by atoms with Crippen LogP contribution in [0, 0.1) is 5.92 Å². The molecule has 0 atom stereocenters. The number of nitrogens with zero attached hydrogens (tertiary/aromatic N) is 9. The minimum Gasteiger partial charge on any atom is -0.355 e. The van der Waals surface area contributed by atoms with E-state index in [-0.39, 0.29) is 11.8 Å². The second kappa shape index (κ2) is 7.54. The van der Waals surface area contributed by atoms with Crippen molar-refractivity contribution in [2.45, 2.75) is 19.4 Å². The average molecular weight is 410 g/mol. The summed E-state index contributed by atoms with van der Waals surface area (Å²) in [4.78, 5) is 23.6. The minimum atomic E-state index is -0.00139. The highest BCUT2D eigenvalue weighted by molar-refractivity contribution is 7.15. The second-order valence-electron chi connectivity index (χ2n) is 6.75. The Labute approximate surface area is 169 Å². The van der Waals surface area contributed by atoms with Crippen LogP contribution in [-0.4, -0.2) is 58.6 Å². The van der Waals surface area contributed by atoms with Crippen molar-refractivity contribution in [3.8, 4) is 5.82 Å². The highest BCUT2D eigenvalue weighted by Gasteiger charge is 2.26. The molecular formula is C17H18N10OS. The van der Waals surface area contributed by atoms with Gasteiger partial charge in [0.05, 0.1) is 12.2 Å². The van der Waals surface area contributed by atoms with Gasteiger partial charge in [0.25, 0.3) is 0 Å². The van der Waals surface area contributed by atoms with Gasteiger partial charge in [0.15, 0.2) is 11.6 Å². The van der Waals surface area contributed by atoms with Crippen LogP contribution in [0.1, 0.15) is 18.5 Å². The molecule has 0 unspecified atom stereocenters. The summed E-state index contributed by atoms with van der Waals surface area (Å²) in [6.45, 7) is 1.99. The van der Waals surface area contributed by atoms with Gasteiger partial charge in [-0.25, -0.2) is 19.2 Å². The fourth-order valence-corrected chi connectivity index (χ4v) is 4.22. The fraction of sp³-hybridized carbons (Fsp3) is 0.353. The predicted octanol–water partition coefficient (Wildman–Crippen LogP) is 0.694. The Balaban J connectivity index is 1.15. The lowest BCUT2D eigenvalue weighted by atomic mass is 9.96. The van der Waals surface area contributed by atoms with Crippen LogP contribution >= 0.6 is 11.3 Å². The maximum absolute atomic E-state index is 12.6. The van der Waals surface area contributed by atoms with Crippen molar-refractivity contribution < 1.29 is 4.79 Å². The summed E-state index contributed by atoms with van der Waals surface area (Å²) in [6, 6.07) is 3.78. The number of hydrogen-bond donors (Lipinski definition) is 1. The Morgan fingerprint density at radius 1 is 1.14 bits per heavy atom. The van der Waals surface area contributed by atoms with Crippen LogP contribution in [0.15, 0.2) is 36.5 Å². The summed E-state index contributed by atoms with van der Waals surface area (Å²) in [6.07, 6.45) is 6.12. The maximum atomic E-state index is 12.6. The summed E-state index contributed by atoms with van der Waals surface area (Å²) >= 11 is 1.52. The summed E-state index contributed by atoms with van der Waals surface area (Å²) < 4.78 is 3.32. The smallest absolute Gasteiger partial charge is 0.223 e. The molecule has 1 saturated heterocycles. The van der Waals surface area contributed by atoms with Gasteiger partial charge in [-0.1, -0.05) is 0 Å². The lowest BCUT2D eigenvalue weighted by Crippen LogP contribution is -2.40. The second-order valence-corrected chi connectivity index (χ2v) is 7.59. The van der Waals surface area contributed by atoms with Gasteiger partial charge in [-0.2, -0.15) is 10.2 Å². The van der Waals surface area contributed by atoms with Crippen molar-refractivity contribution in [3.63, 3.8) is 0 Å². The predicted molar refractivity (Wildman–Crippen MR) is 105 cm³/mol. The molecule has 11 nitrogen and oxygen atoms in total. The molecule has 0 spiro atoms. The van der Waals surface area contributed by atoms with E-state index in [1.165, 1.54) is 24.0 Å². The number of nitrogens with one attached hydrogen (secondary N) is 1. The normalized spacial score (nSPS) is 15.1. The lowest BCUT2D eigenvalue weighted by Gasteiger charge is -2.31. The molecule has 0 bridgehead atoms. The van der Waals surface area contributed by atoms with Gasteiger partial charge in [-0.3, -0.25) is 4.79 Å². The van der Waals surface area contributed by atoms with Crippen LogP contribution in [0.3, 0.4) is 0 Å². The van der Waals surface area contributed by atoms with Crippen LogP contribution in [-0.2, 0) is 11.3 Å². The van der Waals surface area contributed by atoms with Gasteiger partial charge in [-0.05, 0) is 25.0 Å². The summed E-state index contributed by atoms with van der Waals surface area (Å²) in [5.41, 5.74) is 0.941. The van der Waals surface area contributed by atoms with Crippen molar-refractivity contribution in [2.75, 3.05) is 18.0 Å². The van der Waals surface area contributed by atoms with Crippen LogP contribution < -0.4 is 10.2 Å². The van der Waals surface area contributed by atoms with E-state index in [1.807, 2.05) is 17.5 Å². The summed E-state index contributed by atoms with van der Waals surface area (Å²) in [5.74, 6) is 1.50. The number of fused-ring (bicyclic) bond motifs is 1. The molecule has 4 aromatic heterocycles. The van der Waals surface area contributed by atoms with Crippen molar-refractivity contribution >= 4 is 28.0 Å². The molecule has 1 N–H and O–H groups in total. The first-order valence-electron chi connectivity index (χ1n) is 9.25. The van der Waals surface area contributed by atoms with E-state index in [2.05, 4.69) is 40.6 Å². The van der Waals surface area contributed by atoms with Gasteiger partial charge < -0.3 is 10.2 Å². The van der Waals surface area contributed by atoms with Crippen molar-refractivity contribution in [1.82, 2.24) is 44.9 Å². The van der Waals surface area contributed by atoms with E-state index in [9.17, 15) is 4.79 Å². The molecule has 0 aliphatic carbocycles. The van der Waals surface area contributed by atoms with Crippen LogP contribution in [0.25, 0.3) is 10.8 Å². The minimum absolute atomic E-state index is 0.00139. The number of thiazole rings is 1. The van der Waals surface area contributed by atoms with Gasteiger partial charge in [0.1, 0.15) is 19.0 Å². The number of carbonyl (C=O) groups is 1. The molecule has 5 rings (SSSR count). The molecule has 12 heteroatoms. The molecule has 1 fully saturated rings.